The normalized spacial score (nSPS) is 16.5. The number of nitrogens with zero attached hydrogens (tertiary/aromatic N) is 2. The molecule has 0 fully saturated rings. The summed E-state index contributed by atoms with van der Waals surface area (Å²) in [5.74, 6) is -0.0360. The van der Waals surface area contributed by atoms with Crippen LogP contribution in [0.3, 0.4) is 0 Å². The minimum absolute atomic E-state index is 0.0998. The van der Waals surface area contributed by atoms with Crippen LogP contribution in [-0.2, 0) is 11.2 Å². The van der Waals surface area contributed by atoms with Crippen molar-refractivity contribution in [2.24, 2.45) is 10.9 Å². The molecule has 1 aromatic heterocycles. The third kappa shape index (κ3) is 4.76. The van der Waals surface area contributed by atoms with Gasteiger partial charge in [-0.2, -0.15) is 0 Å². The van der Waals surface area contributed by atoms with Gasteiger partial charge in [-0.25, -0.2) is 14.4 Å². The highest BCUT2D eigenvalue weighted by atomic mass is 32.2. The zero-order valence-corrected chi connectivity index (χ0v) is 17.7. The van der Waals surface area contributed by atoms with E-state index < -0.39 is 0 Å². The van der Waals surface area contributed by atoms with Crippen LogP contribution >= 0.6 is 23.1 Å². The van der Waals surface area contributed by atoms with Gasteiger partial charge in [0.25, 0.3) is 0 Å². The number of thioether (sulfide) groups is 1. The van der Waals surface area contributed by atoms with Crippen LogP contribution in [0.1, 0.15) is 19.4 Å². The lowest BCUT2D eigenvalue weighted by Gasteiger charge is -2.07. The molecule has 2 N–H and O–H groups in total. The molecule has 0 radical (unpaired) electrons. The molecule has 0 saturated carbocycles. The first-order valence-electron chi connectivity index (χ1n) is 9.43. The zero-order valence-electron chi connectivity index (χ0n) is 16.1. The average Bonchev–Trinajstić information content (AvgIpc) is 3.25. The minimum Gasteiger partial charge on any atom is -0.361 e. The van der Waals surface area contributed by atoms with Crippen LogP contribution in [0.5, 0.6) is 0 Å². The molecule has 1 atom stereocenters. The summed E-state index contributed by atoms with van der Waals surface area (Å²) in [6.45, 7) is 4.75. The predicted octanol–water partition coefficient (Wildman–Crippen LogP) is 5.16. The van der Waals surface area contributed by atoms with Gasteiger partial charge in [-0.1, -0.05) is 37.3 Å². The molecule has 2 aromatic carbocycles. The predicted molar refractivity (Wildman–Crippen MR) is 120 cm³/mol. The summed E-state index contributed by atoms with van der Waals surface area (Å²) in [6, 6.07) is 12.5. The number of carbonyl (C=O) groups is 1. The molecular formula is C21H21FN4OS2. The van der Waals surface area contributed by atoms with Crippen molar-refractivity contribution in [3.8, 4) is 0 Å². The SMILES string of the molecule is CC(C)[C@@H]1N=C(Nc2ccc(CCNc3nc4ccc(F)cc4s3)cc2)SC1=O. The van der Waals surface area contributed by atoms with Crippen molar-refractivity contribution >= 4 is 54.4 Å². The fraction of sp³-hybridized carbons (Fsp3) is 0.286. The number of amidine groups is 1. The maximum atomic E-state index is 13.3. The van der Waals surface area contributed by atoms with E-state index in [4.69, 9.17) is 0 Å². The van der Waals surface area contributed by atoms with E-state index in [1.807, 2.05) is 26.0 Å². The Hall–Kier alpha value is -2.45. The fourth-order valence-corrected chi connectivity index (χ4v) is 4.89. The second kappa shape index (κ2) is 8.51. The molecule has 0 aliphatic carbocycles. The van der Waals surface area contributed by atoms with Crippen molar-refractivity contribution in [1.82, 2.24) is 4.98 Å². The molecule has 150 valence electrons. The number of aromatic nitrogens is 1. The molecule has 5 nitrogen and oxygen atoms in total. The number of carbonyl (C=O) groups excluding carboxylic acids is 1. The van der Waals surface area contributed by atoms with Gasteiger partial charge < -0.3 is 10.6 Å². The number of hydrogen-bond donors (Lipinski definition) is 2. The van der Waals surface area contributed by atoms with Gasteiger partial charge in [0.1, 0.15) is 11.9 Å². The fourth-order valence-electron chi connectivity index (χ4n) is 3.01. The van der Waals surface area contributed by atoms with Gasteiger partial charge >= 0.3 is 0 Å². The molecule has 0 amide bonds. The number of benzene rings is 2. The molecule has 8 heteroatoms. The summed E-state index contributed by atoms with van der Waals surface area (Å²) in [5.41, 5.74) is 2.91. The van der Waals surface area contributed by atoms with E-state index in [1.165, 1.54) is 40.8 Å². The zero-order chi connectivity index (χ0) is 20.4. The summed E-state index contributed by atoms with van der Waals surface area (Å²) < 4.78 is 14.1. The Labute approximate surface area is 176 Å². The topological polar surface area (TPSA) is 66.4 Å². The second-order valence-electron chi connectivity index (χ2n) is 7.17. The molecule has 3 aromatic rings. The Morgan fingerprint density at radius 2 is 1.97 bits per heavy atom. The van der Waals surface area contributed by atoms with E-state index in [9.17, 15) is 9.18 Å². The highest BCUT2D eigenvalue weighted by molar-refractivity contribution is 8.27. The van der Waals surface area contributed by atoms with Gasteiger partial charge in [0.05, 0.1) is 10.2 Å². The van der Waals surface area contributed by atoms with Gasteiger partial charge in [-0.3, -0.25) is 4.79 Å². The summed E-state index contributed by atoms with van der Waals surface area (Å²) in [5, 5.41) is 8.09. The number of fused-ring (bicyclic) bond motifs is 1. The smallest absolute Gasteiger partial charge is 0.221 e. The van der Waals surface area contributed by atoms with Crippen LogP contribution in [0, 0.1) is 11.7 Å². The van der Waals surface area contributed by atoms with Gasteiger partial charge in [0.15, 0.2) is 10.3 Å². The van der Waals surface area contributed by atoms with Gasteiger partial charge in [0, 0.05) is 12.2 Å². The van der Waals surface area contributed by atoms with Crippen LogP contribution < -0.4 is 10.6 Å². The molecule has 0 unspecified atom stereocenters. The Kier molecular flexibility index (Phi) is 5.82. The van der Waals surface area contributed by atoms with Crippen LogP contribution in [0.25, 0.3) is 10.2 Å². The van der Waals surface area contributed by atoms with Crippen molar-refractivity contribution in [3.05, 3.63) is 53.8 Å². The number of nitrogens with one attached hydrogen (secondary N) is 2. The Balaban J connectivity index is 1.30. The quantitative estimate of drug-likeness (QED) is 0.568. The molecule has 1 aliphatic heterocycles. The summed E-state index contributed by atoms with van der Waals surface area (Å²) in [4.78, 5) is 20.9. The number of hydrogen-bond acceptors (Lipinski definition) is 7. The maximum Gasteiger partial charge on any atom is 0.221 e. The Morgan fingerprint density at radius 3 is 2.69 bits per heavy atom. The largest absolute Gasteiger partial charge is 0.361 e. The highest BCUT2D eigenvalue weighted by Gasteiger charge is 2.30. The van der Waals surface area contributed by atoms with Crippen molar-refractivity contribution in [3.63, 3.8) is 0 Å². The Bertz CT molecular complexity index is 1060. The molecule has 29 heavy (non-hydrogen) atoms. The summed E-state index contributed by atoms with van der Waals surface area (Å²) in [7, 11) is 0. The second-order valence-corrected chi connectivity index (χ2v) is 9.20. The highest BCUT2D eigenvalue weighted by Crippen LogP contribution is 2.27. The molecule has 0 saturated heterocycles. The van der Waals surface area contributed by atoms with Gasteiger partial charge in [-0.15, -0.1) is 0 Å². The number of rotatable bonds is 6. The summed E-state index contributed by atoms with van der Waals surface area (Å²) >= 11 is 2.63. The standard InChI is InChI=1S/C21H21FN4OS2/c1-12(2)18-19(27)29-21(26-18)24-15-6-3-13(4-7-15)9-10-23-20-25-16-8-5-14(22)11-17(16)28-20/h3-8,11-12,18H,9-10H2,1-2H3,(H,23,25)(H,24,26)/t18-/m0/s1. The number of anilines is 2. The average molecular weight is 429 g/mol. The lowest BCUT2D eigenvalue weighted by atomic mass is 10.1. The van der Waals surface area contributed by atoms with E-state index in [0.717, 1.165) is 34.0 Å². The molecular weight excluding hydrogens is 407 g/mol. The van der Waals surface area contributed by atoms with E-state index in [0.29, 0.717) is 5.17 Å². The number of thiazole rings is 1. The van der Waals surface area contributed by atoms with E-state index >= 15 is 0 Å². The maximum absolute atomic E-state index is 13.3. The van der Waals surface area contributed by atoms with E-state index in [1.54, 1.807) is 6.07 Å². The monoisotopic (exact) mass is 428 g/mol. The van der Waals surface area contributed by atoms with Gasteiger partial charge in [0.2, 0.25) is 5.12 Å². The van der Waals surface area contributed by atoms with Crippen LogP contribution in [0.2, 0.25) is 0 Å². The third-order valence-corrected chi connectivity index (χ3v) is 6.39. The molecule has 2 heterocycles. The Morgan fingerprint density at radius 1 is 1.17 bits per heavy atom. The first kappa shape index (κ1) is 19.8. The molecule has 1 aliphatic rings. The number of halogens is 1. The molecule has 0 spiro atoms. The van der Waals surface area contributed by atoms with Crippen molar-refractivity contribution in [1.29, 1.82) is 0 Å². The first-order chi connectivity index (χ1) is 14.0. The van der Waals surface area contributed by atoms with Crippen LogP contribution in [0.4, 0.5) is 15.2 Å². The molecule has 4 rings (SSSR count). The summed E-state index contributed by atoms with van der Waals surface area (Å²) in [6.07, 6.45) is 0.841. The van der Waals surface area contributed by atoms with E-state index in [-0.39, 0.29) is 22.9 Å². The van der Waals surface area contributed by atoms with E-state index in [2.05, 4.69) is 32.7 Å². The lowest BCUT2D eigenvalue weighted by molar-refractivity contribution is -0.112. The van der Waals surface area contributed by atoms with Crippen molar-refractivity contribution in [2.45, 2.75) is 26.3 Å². The van der Waals surface area contributed by atoms with Crippen LogP contribution in [0.15, 0.2) is 47.5 Å². The van der Waals surface area contributed by atoms with Crippen molar-refractivity contribution < 1.29 is 9.18 Å². The van der Waals surface area contributed by atoms with Gasteiger partial charge in [-0.05, 0) is 60.0 Å². The molecule has 0 bridgehead atoms. The third-order valence-electron chi connectivity index (χ3n) is 4.57. The lowest BCUT2D eigenvalue weighted by Crippen LogP contribution is -2.17. The van der Waals surface area contributed by atoms with Crippen molar-refractivity contribution in [2.75, 3.05) is 17.2 Å². The minimum atomic E-state index is -0.258. The number of aliphatic imine (C=N–C) groups is 1. The van der Waals surface area contributed by atoms with Crippen LogP contribution in [-0.4, -0.2) is 27.9 Å². The first-order valence-corrected chi connectivity index (χ1v) is 11.1.